The molecule has 0 atom stereocenters. The van der Waals surface area contributed by atoms with Crippen molar-refractivity contribution in [3.63, 3.8) is 0 Å². The van der Waals surface area contributed by atoms with Gasteiger partial charge in [-0.3, -0.25) is 4.79 Å². The molecule has 0 bridgehead atoms. The van der Waals surface area contributed by atoms with Crippen LogP contribution in [0.3, 0.4) is 0 Å². The number of para-hydroxylation sites is 1. The summed E-state index contributed by atoms with van der Waals surface area (Å²) in [6, 6.07) is 12.9. The molecule has 0 spiro atoms. The Morgan fingerprint density at radius 2 is 1.72 bits per heavy atom. The van der Waals surface area contributed by atoms with Gasteiger partial charge in [0.25, 0.3) is 5.91 Å². The SMILES string of the molecule is CCc1cccc(CC)c1NC(=O)COC(=O)c1sc(COc2ccc(Cl)cc2)nc1C. The van der Waals surface area contributed by atoms with Gasteiger partial charge in [0.05, 0.1) is 5.69 Å². The van der Waals surface area contributed by atoms with Crippen LogP contribution in [0, 0.1) is 6.92 Å². The summed E-state index contributed by atoms with van der Waals surface area (Å²) in [6.07, 6.45) is 1.59. The number of aryl methyl sites for hydroxylation is 3. The summed E-state index contributed by atoms with van der Waals surface area (Å²) >= 11 is 7.06. The fraction of sp³-hybridized carbons (Fsp3) is 0.292. The van der Waals surface area contributed by atoms with Crippen LogP contribution in [0.2, 0.25) is 5.02 Å². The third-order valence-corrected chi connectivity index (χ3v) is 6.16. The largest absolute Gasteiger partial charge is 0.486 e. The average molecular weight is 473 g/mol. The van der Waals surface area contributed by atoms with Gasteiger partial charge < -0.3 is 14.8 Å². The Labute approximate surface area is 196 Å². The van der Waals surface area contributed by atoms with Crippen LogP contribution < -0.4 is 10.1 Å². The predicted octanol–water partition coefficient (Wildman–Crippen LogP) is 5.60. The van der Waals surface area contributed by atoms with Crippen LogP contribution >= 0.6 is 22.9 Å². The van der Waals surface area contributed by atoms with Gasteiger partial charge in [-0.05, 0) is 55.2 Å². The second-order valence-corrected chi connectivity index (χ2v) is 8.57. The van der Waals surface area contributed by atoms with Crippen molar-refractivity contribution < 1.29 is 19.1 Å². The fourth-order valence-electron chi connectivity index (χ4n) is 3.15. The quantitative estimate of drug-likeness (QED) is 0.410. The van der Waals surface area contributed by atoms with E-state index in [0.717, 1.165) is 29.7 Å². The highest BCUT2D eigenvalue weighted by molar-refractivity contribution is 7.13. The third-order valence-electron chi connectivity index (χ3n) is 4.80. The van der Waals surface area contributed by atoms with E-state index in [1.807, 2.05) is 32.0 Å². The summed E-state index contributed by atoms with van der Waals surface area (Å²) in [5.41, 5.74) is 3.44. The molecule has 1 aromatic heterocycles. The zero-order chi connectivity index (χ0) is 23.1. The van der Waals surface area contributed by atoms with Gasteiger partial charge in [0, 0.05) is 10.7 Å². The number of hydrogen-bond donors (Lipinski definition) is 1. The van der Waals surface area contributed by atoms with E-state index in [9.17, 15) is 9.59 Å². The third kappa shape index (κ3) is 6.08. The van der Waals surface area contributed by atoms with Crippen molar-refractivity contribution in [2.24, 2.45) is 0 Å². The average Bonchev–Trinajstić information content (AvgIpc) is 3.17. The molecule has 0 saturated carbocycles. The molecule has 0 aliphatic carbocycles. The van der Waals surface area contributed by atoms with Gasteiger partial charge in [-0.25, -0.2) is 9.78 Å². The second kappa shape index (κ2) is 11.1. The lowest BCUT2D eigenvalue weighted by atomic mass is 10.0. The molecule has 8 heteroatoms. The number of ether oxygens (including phenoxy) is 2. The molecule has 1 heterocycles. The number of nitrogens with zero attached hydrogens (tertiary/aromatic N) is 1. The zero-order valence-electron chi connectivity index (χ0n) is 18.2. The summed E-state index contributed by atoms with van der Waals surface area (Å²) in [6.45, 7) is 5.64. The first kappa shape index (κ1) is 23.8. The predicted molar refractivity (Wildman–Crippen MR) is 127 cm³/mol. The molecule has 1 N–H and O–H groups in total. The molecular formula is C24H25ClN2O4S. The Kier molecular flexibility index (Phi) is 8.25. The molecule has 0 radical (unpaired) electrons. The van der Waals surface area contributed by atoms with Gasteiger partial charge in [0.15, 0.2) is 6.61 Å². The van der Waals surface area contributed by atoms with Gasteiger partial charge in [0.1, 0.15) is 22.2 Å². The lowest BCUT2D eigenvalue weighted by Gasteiger charge is -2.14. The van der Waals surface area contributed by atoms with Crippen LogP contribution in [-0.2, 0) is 29.0 Å². The number of carbonyl (C=O) groups excluding carboxylic acids is 2. The van der Waals surface area contributed by atoms with Crippen molar-refractivity contribution in [3.05, 3.63) is 74.2 Å². The van der Waals surface area contributed by atoms with Crippen molar-refractivity contribution in [1.82, 2.24) is 4.98 Å². The highest BCUT2D eigenvalue weighted by Gasteiger charge is 2.19. The van der Waals surface area contributed by atoms with Gasteiger partial charge in [-0.15, -0.1) is 11.3 Å². The minimum Gasteiger partial charge on any atom is -0.486 e. The monoisotopic (exact) mass is 472 g/mol. The topological polar surface area (TPSA) is 77.5 Å². The Balaban J connectivity index is 1.57. The lowest BCUT2D eigenvalue weighted by Crippen LogP contribution is -2.22. The van der Waals surface area contributed by atoms with Crippen molar-refractivity contribution >= 4 is 40.5 Å². The number of carbonyl (C=O) groups is 2. The van der Waals surface area contributed by atoms with E-state index < -0.39 is 5.97 Å². The summed E-state index contributed by atoms with van der Waals surface area (Å²) in [7, 11) is 0. The Morgan fingerprint density at radius 3 is 2.34 bits per heavy atom. The molecule has 3 aromatic rings. The minimum absolute atomic E-state index is 0.217. The molecule has 0 aliphatic rings. The van der Waals surface area contributed by atoms with Gasteiger partial charge in [-0.2, -0.15) is 0 Å². The van der Waals surface area contributed by atoms with Crippen LogP contribution in [0.1, 0.15) is 45.3 Å². The van der Waals surface area contributed by atoms with Gasteiger partial charge in [0.2, 0.25) is 0 Å². The molecule has 2 aromatic carbocycles. The molecule has 3 rings (SSSR count). The van der Waals surface area contributed by atoms with Gasteiger partial charge in [-0.1, -0.05) is 43.6 Å². The normalized spacial score (nSPS) is 10.6. The Hall–Kier alpha value is -2.90. The number of aromatic nitrogens is 1. The second-order valence-electron chi connectivity index (χ2n) is 7.05. The molecular weight excluding hydrogens is 448 g/mol. The first-order valence-corrected chi connectivity index (χ1v) is 11.5. The van der Waals surface area contributed by atoms with Crippen LogP contribution in [-0.4, -0.2) is 23.5 Å². The standard InChI is InChI=1S/C24H25ClN2O4S/c1-4-16-7-6-8-17(5-2)22(16)27-20(28)13-31-24(29)23-15(3)26-21(32-23)14-30-19-11-9-18(25)10-12-19/h6-12H,4-5,13-14H2,1-3H3,(H,27,28). The van der Waals surface area contributed by atoms with Crippen LogP contribution in [0.5, 0.6) is 5.75 Å². The Bertz CT molecular complexity index is 1070. The summed E-state index contributed by atoms with van der Waals surface area (Å²) in [5.74, 6) is -0.295. The molecule has 168 valence electrons. The smallest absolute Gasteiger partial charge is 0.350 e. The zero-order valence-corrected chi connectivity index (χ0v) is 19.8. The molecule has 1 amide bonds. The molecule has 6 nitrogen and oxygen atoms in total. The molecule has 0 fully saturated rings. The van der Waals surface area contributed by atoms with Gasteiger partial charge >= 0.3 is 5.97 Å². The summed E-state index contributed by atoms with van der Waals surface area (Å²) < 4.78 is 10.9. The van der Waals surface area contributed by atoms with Crippen LogP contribution in [0.25, 0.3) is 0 Å². The molecule has 0 saturated heterocycles. The summed E-state index contributed by atoms with van der Waals surface area (Å²) in [4.78, 5) is 29.7. The van der Waals surface area contributed by atoms with Crippen molar-refractivity contribution in [2.45, 2.75) is 40.2 Å². The number of esters is 1. The van der Waals surface area contributed by atoms with Crippen molar-refractivity contribution in [3.8, 4) is 5.75 Å². The lowest BCUT2D eigenvalue weighted by molar-refractivity contribution is -0.119. The van der Waals surface area contributed by atoms with E-state index in [0.29, 0.717) is 26.4 Å². The minimum atomic E-state index is -0.576. The maximum atomic E-state index is 12.5. The fourth-order valence-corrected chi connectivity index (χ4v) is 4.15. The highest BCUT2D eigenvalue weighted by atomic mass is 35.5. The first-order chi connectivity index (χ1) is 15.4. The van der Waals surface area contributed by atoms with E-state index in [2.05, 4.69) is 10.3 Å². The number of halogens is 1. The van der Waals surface area contributed by atoms with E-state index >= 15 is 0 Å². The van der Waals surface area contributed by atoms with Crippen molar-refractivity contribution in [2.75, 3.05) is 11.9 Å². The number of thiazole rings is 1. The number of hydrogen-bond acceptors (Lipinski definition) is 6. The molecule has 0 aliphatic heterocycles. The first-order valence-electron chi connectivity index (χ1n) is 10.3. The number of amides is 1. The number of anilines is 1. The van der Waals surface area contributed by atoms with Crippen molar-refractivity contribution in [1.29, 1.82) is 0 Å². The van der Waals surface area contributed by atoms with E-state index in [1.165, 1.54) is 11.3 Å². The summed E-state index contributed by atoms with van der Waals surface area (Å²) in [5, 5.41) is 4.16. The maximum Gasteiger partial charge on any atom is 0.350 e. The highest BCUT2D eigenvalue weighted by Crippen LogP contribution is 2.24. The number of rotatable bonds is 9. The maximum absolute atomic E-state index is 12.5. The van der Waals surface area contributed by atoms with E-state index in [-0.39, 0.29) is 19.1 Å². The van der Waals surface area contributed by atoms with E-state index in [1.54, 1.807) is 31.2 Å². The molecule has 0 unspecified atom stereocenters. The van der Waals surface area contributed by atoms with E-state index in [4.69, 9.17) is 21.1 Å². The Morgan fingerprint density at radius 1 is 1.06 bits per heavy atom. The van der Waals surface area contributed by atoms with Crippen LogP contribution in [0.15, 0.2) is 42.5 Å². The molecule has 32 heavy (non-hydrogen) atoms. The number of benzene rings is 2. The van der Waals surface area contributed by atoms with Crippen LogP contribution in [0.4, 0.5) is 5.69 Å². The number of nitrogens with one attached hydrogen (secondary N) is 1.